The van der Waals surface area contributed by atoms with Gasteiger partial charge in [0.25, 0.3) is 0 Å². The van der Waals surface area contributed by atoms with E-state index in [0.29, 0.717) is 6.04 Å². The number of nitrogens with one attached hydrogen (secondary N) is 1. The lowest BCUT2D eigenvalue weighted by Gasteiger charge is -2.28. The third-order valence-electron chi connectivity index (χ3n) is 4.13. The van der Waals surface area contributed by atoms with Gasteiger partial charge in [-0.15, -0.1) is 0 Å². The Kier molecular flexibility index (Phi) is 3.72. The second-order valence-electron chi connectivity index (χ2n) is 5.44. The monoisotopic (exact) mass is 289 g/mol. The first-order valence-corrected chi connectivity index (χ1v) is 7.16. The molecule has 112 valence electrons. The smallest absolute Gasteiger partial charge is 0.308 e. The summed E-state index contributed by atoms with van der Waals surface area (Å²) in [5.41, 5.74) is 0.816. The second-order valence-corrected chi connectivity index (χ2v) is 5.44. The van der Waals surface area contributed by atoms with Crippen LogP contribution in [0.25, 0.3) is 11.0 Å². The van der Waals surface area contributed by atoms with Crippen LogP contribution in [0.1, 0.15) is 25.7 Å². The molecule has 2 aromatic heterocycles. The highest BCUT2D eigenvalue weighted by Gasteiger charge is 2.27. The van der Waals surface area contributed by atoms with Crippen LogP contribution in [0.2, 0.25) is 0 Å². The van der Waals surface area contributed by atoms with Gasteiger partial charge >= 0.3 is 5.97 Å². The summed E-state index contributed by atoms with van der Waals surface area (Å²) in [6, 6.07) is 0.323. The maximum Gasteiger partial charge on any atom is 0.308 e. The number of hydrogen-bond acceptors (Lipinski definition) is 6. The van der Waals surface area contributed by atoms with Crippen LogP contribution in [-0.4, -0.2) is 38.9 Å². The number of carbonyl (C=O) groups is 1. The van der Waals surface area contributed by atoms with E-state index < -0.39 is 0 Å². The van der Waals surface area contributed by atoms with Gasteiger partial charge in [0.05, 0.1) is 24.6 Å². The van der Waals surface area contributed by atoms with Gasteiger partial charge in [0, 0.05) is 13.1 Å². The molecule has 0 unspecified atom stereocenters. The van der Waals surface area contributed by atoms with Gasteiger partial charge in [-0.3, -0.25) is 9.48 Å². The summed E-state index contributed by atoms with van der Waals surface area (Å²) in [6.07, 6.45) is 6.90. The Hall–Kier alpha value is -2.18. The Morgan fingerprint density at radius 3 is 2.81 bits per heavy atom. The fourth-order valence-electron chi connectivity index (χ4n) is 2.91. The molecular weight excluding hydrogens is 270 g/mol. The highest BCUT2D eigenvalue weighted by molar-refractivity contribution is 5.86. The molecule has 0 atom stereocenters. The Balaban J connectivity index is 1.68. The van der Waals surface area contributed by atoms with Crippen LogP contribution in [-0.2, 0) is 16.6 Å². The summed E-state index contributed by atoms with van der Waals surface area (Å²) >= 11 is 0. The largest absolute Gasteiger partial charge is 0.469 e. The molecule has 2 aromatic rings. The number of carbonyl (C=O) groups excluding carboxylic acids is 1. The van der Waals surface area contributed by atoms with Gasteiger partial charge in [0.1, 0.15) is 12.1 Å². The summed E-state index contributed by atoms with van der Waals surface area (Å²) in [6.45, 7) is 0. The maximum absolute atomic E-state index is 11.5. The average Bonchev–Trinajstić information content (AvgIpc) is 2.90. The number of aromatic nitrogens is 4. The lowest BCUT2D eigenvalue weighted by molar-refractivity contribution is -0.146. The summed E-state index contributed by atoms with van der Waals surface area (Å²) in [5.74, 6) is 0.761. The standard InChI is InChI=1S/C14H19N5O2/c1-19-13-11(7-17-19)12(15-8-16-13)18-10-5-3-9(4-6-10)14(20)21-2/h7-10H,3-6H2,1-2H3,(H,15,16,18). The molecule has 0 radical (unpaired) electrons. The van der Waals surface area contributed by atoms with Gasteiger partial charge in [0.2, 0.25) is 0 Å². The minimum Gasteiger partial charge on any atom is -0.469 e. The Morgan fingerprint density at radius 1 is 1.33 bits per heavy atom. The number of esters is 1. The summed E-state index contributed by atoms with van der Waals surface area (Å²) in [5, 5.41) is 8.59. The van der Waals surface area contributed by atoms with E-state index in [1.54, 1.807) is 17.2 Å². The molecular formula is C14H19N5O2. The van der Waals surface area contributed by atoms with E-state index >= 15 is 0 Å². The number of aryl methyl sites for hydroxylation is 1. The number of nitrogens with zero attached hydrogens (tertiary/aromatic N) is 4. The van der Waals surface area contributed by atoms with Crippen molar-refractivity contribution in [3.8, 4) is 0 Å². The summed E-state index contributed by atoms with van der Waals surface area (Å²) in [4.78, 5) is 20.1. The lowest BCUT2D eigenvalue weighted by Crippen LogP contribution is -2.30. The van der Waals surface area contributed by atoms with Gasteiger partial charge in [0.15, 0.2) is 5.65 Å². The highest BCUT2D eigenvalue weighted by Crippen LogP contribution is 2.28. The van der Waals surface area contributed by atoms with Crippen molar-refractivity contribution in [2.75, 3.05) is 12.4 Å². The molecule has 1 fully saturated rings. The van der Waals surface area contributed by atoms with Crippen molar-refractivity contribution in [1.82, 2.24) is 19.7 Å². The first-order valence-electron chi connectivity index (χ1n) is 7.16. The molecule has 0 spiro atoms. The van der Waals surface area contributed by atoms with Crippen LogP contribution >= 0.6 is 0 Å². The highest BCUT2D eigenvalue weighted by atomic mass is 16.5. The summed E-state index contributed by atoms with van der Waals surface area (Å²) in [7, 11) is 3.31. The fourth-order valence-corrected chi connectivity index (χ4v) is 2.91. The fraction of sp³-hybridized carbons (Fsp3) is 0.571. The second kappa shape index (κ2) is 5.67. The molecule has 0 saturated heterocycles. The number of fused-ring (bicyclic) bond motifs is 1. The average molecular weight is 289 g/mol. The third kappa shape index (κ3) is 2.68. The van der Waals surface area contributed by atoms with Crippen molar-refractivity contribution >= 4 is 22.8 Å². The zero-order chi connectivity index (χ0) is 14.8. The molecule has 1 aliphatic carbocycles. The quantitative estimate of drug-likeness (QED) is 0.862. The summed E-state index contributed by atoms with van der Waals surface area (Å²) < 4.78 is 6.55. The van der Waals surface area contributed by atoms with E-state index in [1.807, 2.05) is 7.05 Å². The zero-order valence-electron chi connectivity index (χ0n) is 12.2. The molecule has 7 heteroatoms. The van der Waals surface area contributed by atoms with Crippen molar-refractivity contribution < 1.29 is 9.53 Å². The van der Waals surface area contributed by atoms with Gasteiger partial charge in [-0.2, -0.15) is 5.10 Å². The number of hydrogen-bond donors (Lipinski definition) is 1. The van der Waals surface area contributed by atoms with E-state index in [4.69, 9.17) is 4.74 Å². The van der Waals surface area contributed by atoms with Gasteiger partial charge in [-0.25, -0.2) is 9.97 Å². The van der Waals surface area contributed by atoms with Crippen molar-refractivity contribution in [2.45, 2.75) is 31.7 Å². The zero-order valence-corrected chi connectivity index (χ0v) is 12.2. The van der Waals surface area contributed by atoms with E-state index in [-0.39, 0.29) is 11.9 Å². The van der Waals surface area contributed by atoms with Crippen LogP contribution < -0.4 is 5.32 Å². The maximum atomic E-state index is 11.5. The topological polar surface area (TPSA) is 81.9 Å². The number of anilines is 1. The first-order chi connectivity index (χ1) is 10.2. The predicted octanol–water partition coefficient (Wildman–Crippen LogP) is 1.51. The van der Waals surface area contributed by atoms with Crippen molar-refractivity contribution in [2.24, 2.45) is 13.0 Å². The third-order valence-corrected chi connectivity index (χ3v) is 4.13. The first kappa shape index (κ1) is 13.8. The van der Waals surface area contributed by atoms with Crippen molar-refractivity contribution in [3.05, 3.63) is 12.5 Å². The van der Waals surface area contributed by atoms with Crippen molar-refractivity contribution in [3.63, 3.8) is 0 Å². The van der Waals surface area contributed by atoms with Gasteiger partial charge < -0.3 is 10.1 Å². The molecule has 21 heavy (non-hydrogen) atoms. The molecule has 0 aliphatic heterocycles. The minimum atomic E-state index is -0.0925. The van der Waals surface area contributed by atoms with Crippen LogP contribution in [0.4, 0.5) is 5.82 Å². The van der Waals surface area contributed by atoms with E-state index in [1.165, 1.54) is 7.11 Å². The molecule has 0 aromatic carbocycles. The predicted molar refractivity (Wildman–Crippen MR) is 77.7 cm³/mol. The van der Waals surface area contributed by atoms with Crippen molar-refractivity contribution in [1.29, 1.82) is 0 Å². The molecule has 2 heterocycles. The van der Waals surface area contributed by atoms with E-state index in [9.17, 15) is 4.79 Å². The molecule has 1 aliphatic rings. The Morgan fingerprint density at radius 2 is 2.10 bits per heavy atom. The van der Waals surface area contributed by atoms with E-state index in [0.717, 1.165) is 42.5 Å². The number of rotatable bonds is 3. The van der Waals surface area contributed by atoms with Gasteiger partial charge in [-0.1, -0.05) is 0 Å². The Bertz CT molecular complexity index is 646. The minimum absolute atomic E-state index is 0.0388. The van der Waals surface area contributed by atoms with Crippen LogP contribution in [0.15, 0.2) is 12.5 Å². The van der Waals surface area contributed by atoms with Gasteiger partial charge in [-0.05, 0) is 25.7 Å². The normalized spacial score (nSPS) is 22.2. The molecule has 1 N–H and O–H groups in total. The number of methoxy groups -OCH3 is 1. The Labute approximate surface area is 122 Å². The molecule has 3 rings (SSSR count). The number of ether oxygens (including phenoxy) is 1. The van der Waals surface area contributed by atoms with Crippen LogP contribution in [0, 0.1) is 5.92 Å². The lowest BCUT2D eigenvalue weighted by atomic mass is 9.86. The molecule has 0 bridgehead atoms. The molecule has 7 nitrogen and oxygen atoms in total. The molecule has 1 saturated carbocycles. The van der Waals surface area contributed by atoms with E-state index in [2.05, 4.69) is 20.4 Å². The SMILES string of the molecule is COC(=O)C1CCC(Nc2ncnc3c2cnn3C)CC1. The molecule has 0 amide bonds. The van der Waals surface area contributed by atoms with Crippen LogP contribution in [0.3, 0.4) is 0 Å². The van der Waals surface area contributed by atoms with Crippen LogP contribution in [0.5, 0.6) is 0 Å².